The Balaban J connectivity index is 1.51. The molecular formula is C26H33ClN6O5S. The number of rotatable bonds is 12. The molecular weight excluding hydrogens is 544 g/mol. The summed E-state index contributed by atoms with van der Waals surface area (Å²) >= 11 is 6.37. The maximum absolute atomic E-state index is 11.9. The fraction of sp³-hybridized carbons (Fsp3) is 0.385. The number of aromatic nitrogens is 2. The smallest absolute Gasteiger partial charge is 0.229 e. The zero-order valence-electron chi connectivity index (χ0n) is 22.2. The van der Waals surface area contributed by atoms with Crippen LogP contribution in [0.15, 0.2) is 42.6 Å². The van der Waals surface area contributed by atoms with E-state index < -0.39 is 10.0 Å². The minimum absolute atomic E-state index is 0.239. The minimum Gasteiger partial charge on any atom is -0.497 e. The third-order valence-corrected chi connectivity index (χ3v) is 6.93. The summed E-state index contributed by atoms with van der Waals surface area (Å²) in [6.45, 7) is 3.70. The molecule has 4 rings (SSSR count). The summed E-state index contributed by atoms with van der Waals surface area (Å²) in [6.07, 6.45) is 6.28. The van der Waals surface area contributed by atoms with E-state index in [-0.39, 0.29) is 22.5 Å². The molecule has 0 atom stereocenters. The lowest BCUT2D eigenvalue weighted by Crippen LogP contribution is -2.33. The van der Waals surface area contributed by atoms with Gasteiger partial charge in [0.2, 0.25) is 16.0 Å². The monoisotopic (exact) mass is 576 g/mol. The third kappa shape index (κ3) is 8.25. The summed E-state index contributed by atoms with van der Waals surface area (Å²) in [5.74, 6) is 2.27. The molecule has 0 radical (unpaired) electrons. The van der Waals surface area contributed by atoms with Crippen LogP contribution in [0.25, 0.3) is 0 Å². The van der Waals surface area contributed by atoms with Gasteiger partial charge in [0.15, 0.2) is 5.82 Å². The lowest BCUT2D eigenvalue weighted by molar-refractivity contribution is 0.183. The Morgan fingerprint density at radius 2 is 1.69 bits per heavy atom. The topological polar surface area (TPSA) is 127 Å². The van der Waals surface area contributed by atoms with E-state index in [1.54, 1.807) is 25.3 Å². The van der Waals surface area contributed by atoms with Gasteiger partial charge in [0.25, 0.3) is 0 Å². The molecule has 2 heterocycles. The Kier molecular flexibility index (Phi) is 9.54. The normalized spacial score (nSPS) is 13.9. The number of halogens is 1. The highest BCUT2D eigenvalue weighted by Crippen LogP contribution is 2.34. The van der Waals surface area contributed by atoms with Crippen molar-refractivity contribution in [3.05, 3.63) is 47.6 Å². The highest BCUT2D eigenvalue weighted by Gasteiger charge is 2.15. The van der Waals surface area contributed by atoms with E-state index in [9.17, 15) is 8.42 Å². The summed E-state index contributed by atoms with van der Waals surface area (Å²) in [7, 11) is -0.482. The van der Waals surface area contributed by atoms with Crippen molar-refractivity contribution < 1.29 is 22.6 Å². The van der Waals surface area contributed by atoms with Crippen LogP contribution in [0.5, 0.6) is 17.2 Å². The quantitative estimate of drug-likeness (QED) is 0.275. The Bertz CT molecular complexity index is 1390. The molecule has 0 aliphatic carbocycles. The van der Waals surface area contributed by atoms with Gasteiger partial charge in [0, 0.05) is 18.7 Å². The molecule has 0 amide bonds. The molecule has 1 fully saturated rings. The van der Waals surface area contributed by atoms with Crippen LogP contribution in [0, 0.1) is 0 Å². The van der Waals surface area contributed by atoms with E-state index in [2.05, 4.69) is 30.2 Å². The first-order chi connectivity index (χ1) is 18.7. The molecule has 3 aromatic rings. The molecule has 3 N–H and O–H groups in total. The number of nitrogens with zero attached hydrogens (tertiary/aromatic N) is 3. The number of hydrogen-bond acceptors (Lipinski definition) is 10. The average molecular weight is 577 g/mol. The number of sulfonamides is 1. The van der Waals surface area contributed by atoms with E-state index >= 15 is 0 Å². The predicted octanol–water partition coefficient (Wildman–Crippen LogP) is 4.87. The van der Waals surface area contributed by atoms with Crippen LogP contribution in [0.2, 0.25) is 5.02 Å². The first-order valence-electron chi connectivity index (χ1n) is 12.5. The van der Waals surface area contributed by atoms with Gasteiger partial charge in [-0.1, -0.05) is 18.0 Å². The number of nitrogens with one attached hydrogen (secondary N) is 3. The fourth-order valence-corrected chi connectivity index (χ4v) is 4.86. The molecule has 210 valence electrons. The number of anilines is 5. The zero-order chi connectivity index (χ0) is 27.8. The Morgan fingerprint density at radius 1 is 0.949 bits per heavy atom. The van der Waals surface area contributed by atoms with Gasteiger partial charge in [-0.15, -0.1) is 0 Å². The summed E-state index contributed by atoms with van der Waals surface area (Å²) < 4.78 is 43.0. The van der Waals surface area contributed by atoms with Crippen molar-refractivity contribution >= 4 is 50.5 Å². The van der Waals surface area contributed by atoms with Crippen LogP contribution in [-0.2, 0) is 10.0 Å². The van der Waals surface area contributed by atoms with E-state index in [1.165, 1.54) is 32.6 Å². The van der Waals surface area contributed by atoms with Crippen LogP contribution >= 0.6 is 11.6 Å². The molecule has 11 nitrogen and oxygen atoms in total. The van der Waals surface area contributed by atoms with Crippen molar-refractivity contribution in [2.75, 3.05) is 62.1 Å². The minimum atomic E-state index is -3.55. The first kappa shape index (κ1) is 28.5. The van der Waals surface area contributed by atoms with E-state index in [0.717, 1.165) is 25.9 Å². The van der Waals surface area contributed by atoms with Crippen LogP contribution in [-0.4, -0.2) is 70.0 Å². The van der Waals surface area contributed by atoms with E-state index in [0.29, 0.717) is 35.2 Å². The Hall–Kier alpha value is -3.48. The fourth-order valence-electron chi connectivity index (χ4n) is 4.16. The second-order valence-electron chi connectivity index (χ2n) is 9.04. The summed E-state index contributed by atoms with van der Waals surface area (Å²) in [5, 5.41) is 6.47. The zero-order valence-corrected chi connectivity index (χ0v) is 23.7. The number of benzene rings is 2. The molecule has 1 aromatic heterocycles. The molecule has 0 spiro atoms. The second-order valence-corrected chi connectivity index (χ2v) is 11.2. The molecule has 0 saturated carbocycles. The average Bonchev–Trinajstić information content (AvgIpc) is 2.91. The van der Waals surface area contributed by atoms with Crippen LogP contribution in [0.1, 0.15) is 19.3 Å². The van der Waals surface area contributed by atoms with Gasteiger partial charge in [-0.05, 0) is 50.2 Å². The lowest BCUT2D eigenvalue weighted by atomic mass is 10.1. The summed E-state index contributed by atoms with van der Waals surface area (Å²) in [4.78, 5) is 11.2. The first-order valence-corrected chi connectivity index (χ1v) is 14.8. The van der Waals surface area contributed by atoms with Crippen molar-refractivity contribution in [3.8, 4) is 17.2 Å². The molecule has 0 bridgehead atoms. The predicted molar refractivity (Wildman–Crippen MR) is 154 cm³/mol. The third-order valence-electron chi connectivity index (χ3n) is 6.06. The number of piperidine rings is 1. The van der Waals surface area contributed by atoms with Crippen molar-refractivity contribution in [2.45, 2.75) is 19.3 Å². The SMILES string of the molecule is COc1ccc(Nc2nc(Nc3cc(OCCN4CCCCC4)ccc3OC)ncc2Cl)c(NS(C)(=O)=O)c1. The summed E-state index contributed by atoms with van der Waals surface area (Å²) in [6, 6.07) is 10.4. The van der Waals surface area contributed by atoms with Gasteiger partial charge in [-0.3, -0.25) is 9.62 Å². The van der Waals surface area contributed by atoms with Gasteiger partial charge < -0.3 is 24.8 Å². The molecule has 39 heavy (non-hydrogen) atoms. The maximum atomic E-state index is 11.9. The largest absolute Gasteiger partial charge is 0.497 e. The number of likely N-dealkylation sites (tertiary alicyclic amines) is 1. The van der Waals surface area contributed by atoms with Gasteiger partial charge in [-0.2, -0.15) is 4.98 Å². The van der Waals surface area contributed by atoms with E-state index in [4.69, 9.17) is 25.8 Å². The van der Waals surface area contributed by atoms with Crippen LogP contribution < -0.4 is 29.6 Å². The van der Waals surface area contributed by atoms with Gasteiger partial charge in [-0.25, -0.2) is 13.4 Å². The molecule has 13 heteroatoms. The number of hydrogen-bond donors (Lipinski definition) is 3. The highest BCUT2D eigenvalue weighted by molar-refractivity contribution is 7.92. The Labute approximate surface area is 233 Å². The molecule has 2 aromatic carbocycles. The van der Waals surface area contributed by atoms with Crippen molar-refractivity contribution in [2.24, 2.45) is 0 Å². The highest BCUT2D eigenvalue weighted by atomic mass is 35.5. The van der Waals surface area contributed by atoms with Crippen molar-refractivity contribution in [3.63, 3.8) is 0 Å². The van der Waals surface area contributed by atoms with Gasteiger partial charge in [0.1, 0.15) is 28.9 Å². The number of methoxy groups -OCH3 is 2. The van der Waals surface area contributed by atoms with Gasteiger partial charge in [0.05, 0.1) is 43.7 Å². The Morgan fingerprint density at radius 3 is 2.41 bits per heavy atom. The molecule has 1 aliphatic heterocycles. The van der Waals surface area contributed by atoms with Crippen LogP contribution in [0.3, 0.4) is 0 Å². The maximum Gasteiger partial charge on any atom is 0.229 e. The van der Waals surface area contributed by atoms with Gasteiger partial charge >= 0.3 is 0 Å². The van der Waals surface area contributed by atoms with Crippen LogP contribution in [0.4, 0.5) is 28.8 Å². The van der Waals surface area contributed by atoms with E-state index in [1.807, 2.05) is 18.2 Å². The summed E-state index contributed by atoms with van der Waals surface area (Å²) in [5.41, 5.74) is 1.32. The number of ether oxygens (including phenoxy) is 3. The molecule has 1 saturated heterocycles. The van der Waals surface area contributed by atoms with Crippen molar-refractivity contribution in [1.29, 1.82) is 0 Å². The van der Waals surface area contributed by atoms with Crippen molar-refractivity contribution in [1.82, 2.24) is 14.9 Å². The lowest BCUT2D eigenvalue weighted by Gasteiger charge is -2.26. The standard InChI is InChI=1S/C26H33ClN6O5S/c1-36-18-7-9-21(22(15-18)32-39(3,34)35)29-25-20(27)17-28-26(31-25)30-23-16-19(8-10-24(23)37-2)38-14-13-33-11-5-4-6-12-33/h7-10,15-17,32H,4-6,11-14H2,1-3H3,(H2,28,29,30,31). The molecule has 1 aliphatic rings. The molecule has 0 unspecified atom stereocenters. The second kappa shape index (κ2) is 13.0.